The number of rotatable bonds is 7. The number of carbonyl (C=O) groups excluding carboxylic acids is 2. The third kappa shape index (κ3) is 5.59. The average Bonchev–Trinajstić information content (AvgIpc) is 2.60. The quantitative estimate of drug-likeness (QED) is 0.585. The van der Waals surface area contributed by atoms with Gasteiger partial charge in [0.15, 0.2) is 6.61 Å². The Morgan fingerprint density at radius 3 is 2.46 bits per heavy atom. The van der Waals surface area contributed by atoms with Crippen molar-refractivity contribution in [1.82, 2.24) is 5.32 Å². The van der Waals surface area contributed by atoms with Gasteiger partial charge in [0.25, 0.3) is 17.5 Å². The molecule has 0 atom stereocenters. The lowest BCUT2D eigenvalue weighted by Gasteiger charge is -2.10. The normalized spacial score (nSPS) is 10.3. The molecule has 0 aliphatic carbocycles. The number of nitrogens with one attached hydrogen (secondary N) is 2. The molecule has 2 rings (SSSR count). The van der Waals surface area contributed by atoms with Crippen LogP contribution in [-0.4, -0.2) is 29.4 Å². The number of benzene rings is 2. The molecule has 2 aromatic rings. The van der Waals surface area contributed by atoms with Gasteiger partial charge >= 0.3 is 0 Å². The van der Waals surface area contributed by atoms with Gasteiger partial charge in [0.05, 0.1) is 11.0 Å². The average molecular weight is 357 g/mol. The highest BCUT2D eigenvalue weighted by Gasteiger charge is 2.10. The summed E-state index contributed by atoms with van der Waals surface area (Å²) in [4.78, 5) is 33.9. The van der Waals surface area contributed by atoms with Crippen molar-refractivity contribution in [3.8, 4) is 5.75 Å². The maximum absolute atomic E-state index is 11.9. The summed E-state index contributed by atoms with van der Waals surface area (Å²) in [5.74, 6) is -0.377. The second-order valence-corrected chi connectivity index (χ2v) is 5.80. The first kappa shape index (κ1) is 18.9. The lowest BCUT2D eigenvalue weighted by atomic mass is 10.2. The van der Waals surface area contributed by atoms with Crippen molar-refractivity contribution >= 4 is 23.2 Å². The van der Waals surface area contributed by atoms with Crippen LogP contribution in [0, 0.1) is 10.1 Å². The lowest BCUT2D eigenvalue weighted by Crippen LogP contribution is -2.30. The number of nitrogens with zero attached hydrogens (tertiary/aromatic N) is 1. The SMILES string of the molecule is CC(C)NC(=O)c1ccc(NC(=O)COc2cccc([N+](=O)[O-])c2)cc1. The highest BCUT2D eigenvalue weighted by Crippen LogP contribution is 2.19. The smallest absolute Gasteiger partial charge is 0.273 e. The Morgan fingerprint density at radius 2 is 1.85 bits per heavy atom. The van der Waals surface area contributed by atoms with Crippen LogP contribution < -0.4 is 15.4 Å². The molecule has 8 heteroatoms. The Balaban J connectivity index is 1.89. The van der Waals surface area contributed by atoms with E-state index in [1.165, 1.54) is 24.3 Å². The van der Waals surface area contributed by atoms with E-state index in [4.69, 9.17) is 4.74 Å². The number of hydrogen-bond donors (Lipinski definition) is 2. The molecule has 0 spiro atoms. The second kappa shape index (κ2) is 8.61. The van der Waals surface area contributed by atoms with Crippen LogP contribution in [0.2, 0.25) is 0 Å². The summed E-state index contributed by atoms with van der Waals surface area (Å²) in [5.41, 5.74) is 0.890. The third-order valence-electron chi connectivity index (χ3n) is 3.25. The molecule has 2 aromatic carbocycles. The minimum Gasteiger partial charge on any atom is -0.484 e. The van der Waals surface area contributed by atoms with Crippen LogP contribution >= 0.6 is 0 Å². The maximum atomic E-state index is 11.9. The van der Waals surface area contributed by atoms with E-state index in [2.05, 4.69) is 10.6 Å². The molecular formula is C18H19N3O5. The summed E-state index contributed by atoms with van der Waals surface area (Å²) in [6.07, 6.45) is 0. The van der Waals surface area contributed by atoms with Crippen molar-refractivity contribution in [2.75, 3.05) is 11.9 Å². The van der Waals surface area contributed by atoms with E-state index in [1.54, 1.807) is 24.3 Å². The Kier molecular flexibility index (Phi) is 6.26. The van der Waals surface area contributed by atoms with E-state index in [9.17, 15) is 19.7 Å². The van der Waals surface area contributed by atoms with E-state index in [0.717, 1.165) is 0 Å². The predicted molar refractivity (Wildman–Crippen MR) is 96.3 cm³/mol. The van der Waals surface area contributed by atoms with Crippen molar-refractivity contribution in [3.05, 3.63) is 64.2 Å². The van der Waals surface area contributed by atoms with Crippen molar-refractivity contribution in [3.63, 3.8) is 0 Å². The van der Waals surface area contributed by atoms with E-state index in [0.29, 0.717) is 11.3 Å². The molecule has 26 heavy (non-hydrogen) atoms. The molecule has 0 saturated carbocycles. The molecule has 0 bridgehead atoms. The van der Waals surface area contributed by atoms with Gasteiger partial charge < -0.3 is 15.4 Å². The molecule has 0 aliphatic rings. The molecule has 0 aliphatic heterocycles. The summed E-state index contributed by atoms with van der Waals surface area (Å²) >= 11 is 0. The van der Waals surface area contributed by atoms with Crippen LogP contribution in [0.5, 0.6) is 5.75 Å². The van der Waals surface area contributed by atoms with Gasteiger partial charge in [-0.3, -0.25) is 19.7 Å². The van der Waals surface area contributed by atoms with Crippen LogP contribution in [0.15, 0.2) is 48.5 Å². The van der Waals surface area contributed by atoms with E-state index < -0.39 is 10.8 Å². The zero-order chi connectivity index (χ0) is 19.1. The molecule has 136 valence electrons. The number of hydrogen-bond acceptors (Lipinski definition) is 5. The number of non-ortho nitro benzene ring substituents is 1. The molecule has 0 radical (unpaired) electrons. The third-order valence-corrected chi connectivity index (χ3v) is 3.25. The highest BCUT2D eigenvalue weighted by molar-refractivity contribution is 5.96. The Bertz CT molecular complexity index is 803. The van der Waals surface area contributed by atoms with Gasteiger partial charge in [-0.05, 0) is 44.2 Å². The minimum atomic E-state index is -0.538. The van der Waals surface area contributed by atoms with Crippen LogP contribution in [-0.2, 0) is 4.79 Å². The molecule has 8 nitrogen and oxygen atoms in total. The standard InChI is InChI=1S/C18H19N3O5/c1-12(2)19-18(23)13-6-8-14(9-7-13)20-17(22)11-26-16-5-3-4-15(10-16)21(24)25/h3-10,12H,11H2,1-2H3,(H,19,23)(H,20,22). The predicted octanol–water partition coefficient (Wildman–Crippen LogP) is 2.75. The minimum absolute atomic E-state index is 0.0350. The summed E-state index contributed by atoms with van der Waals surface area (Å²) < 4.78 is 5.26. The van der Waals surface area contributed by atoms with Gasteiger partial charge in [-0.15, -0.1) is 0 Å². The first-order valence-electron chi connectivity index (χ1n) is 7.93. The zero-order valence-corrected chi connectivity index (χ0v) is 14.4. The summed E-state index contributed by atoms with van der Waals surface area (Å²) in [5, 5.41) is 16.1. The van der Waals surface area contributed by atoms with Gasteiger partial charge in [-0.2, -0.15) is 0 Å². The fourth-order valence-corrected chi connectivity index (χ4v) is 2.08. The molecule has 0 fully saturated rings. The van der Waals surface area contributed by atoms with Crippen molar-refractivity contribution in [2.45, 2.75) is 19.9 Å². The number of nitro groups is 1. The highest BCUT2D eigenvalue weighted by atomic mass is 16.6. The van der Waals surface area contributed by atoms with E-state index >= 15 is 0 Å². The molecule has 0 saturated heterocycles. The van der Waals surface area contributed by atoms with Gasteiger partial charge in [0, 0.05) is 23.4 Å². The first-order valence-corrected chi connectivity index (χ1v) is 7.93. The monoisotopic (exact) mass is 357 g/mol. The van der Waals surface area contributed by atoms with Crippen LogP contribution in [0.1, 0.15) is 24.2 Å². The Labute approximate surface area is 150 Å². The first-order chi connectivity index (χ1) is 12.3. The Morgan fingerprint density at radius 1 is 1.15 bits per heavy atom. The van der Waals surface area contributed by atoms with Gasteiger partial charge in [-0.1, -0.05) is 6.07 Å². The fourth-order valence-electron chi connectivity index (χ4n) is 2.08. The number of amides is 2. The number of anilines is 1. The number of nitro benzene ring substituents is 1. The molecule has 2 amide bonds. The van der Waals surface area contributed by atoms with Crippen molar-refractivity contribution in [2.24, 2.45) is 0 Å². The van der Waals surface area contributed by atoms with E-state index in [1.807, 2.05) is 13.8 Å². The molecule has 0 aromatic heterocycles. The Hall–Kier alpha value is -3.42. The molecule has 0 heterocycles. The van der Waals surface area contributed by atoms with Gasteiger partial charge in [0.1, 0.15) is 5.75 Å². The van der Waals surface area contributed by atoms with Crippen LogP contribution in [0.4, 0.5) is 11.4 Å². The summed E-state index contributed by atoms with van der Waals surface area (Å²) in [6, 6.07) is 12.1. The second-order valence-electron chi connectivity index (χ2n) is 5.80. The number of carbonyl (C=O) groups is 2. The van der Waals surface area contributed by atoms with E-state index in [-0.39, 0.29) is 30.0 Å². The zero-order valence-electron chi connectivity index (χ0n) is 14.4. The summed E-state index contributed by atoms with van der Waals surface area (Å²) in [7, 11) is 0. The fraction of sp³-hybridized carbons (Fsp3) is 0.222. The topological polar surface area (TPSA) is 111 Å². The van der Waals surface area contributed by atoms with Gasteiger partial charge in [0.2, 0.25) is 0 Å². The summed E-state index contributed by atoms with van der Waals surface area (Å²) in [6.45, 7) is 3.44. The van der Waals surface area contributed by atoms with Gasteiger partial charge in [-0.25, -0.2) is 0 Å². The molecule has 2 N–H and O–H groups in total. The molecular weight excluding hydrogens is 338 g/mol. The van der Waals surface area contributed by atoms with Crippen molar-refractivity contribution < 1.29 is 19.2 Å². The van der Waals surface area contributed by atoms with Crippen LogP contribution in [0.25, 0.3) is 0 Å². The van der Waals surface area contributed by atoms with Crippen molar-refractivity contribution in [1.29, 1.82) is 0 Å². The lowest BCUT2D eigenvalue weighted by molar-refractivity contribution is -0.384. The number of ether oxygens (including phenoxy) is 1. The maximum Gasteiger partial charge on any atom is 0.273 e. The van der Waals surface area contributed by atoms with Crippen LogP contribution in [0.3, 0.4) is 0 Å². The molecule has 0 unspecified atom stereocenters. The largest absolute Gasteiger partial charge is 0.484 e.